The lowest BCUT2D eigenvalue weighted by molar-refractivity contribution is -0.140. The van der Waals surface area contributed by atoms with Crippen molar-refractivity contribution in [3.05, 3.63) is 83.2 Å². The second kappa shape index (κ2) is 9.08. The summed E-state index contributed by atoms with van der Waals surface area (Å²) in [7, 11) is 1.38. The highest BCUT2D eigenvalue weighted by Gasteiger charge is 2.41. The van der Waals surface area contributed by atoms with Crippen LogP contribution in [0.25, 0.3) is 5.69 Å². The summed E-state index contributed by atoms with van der Waals surface area (Å²) in [6.07, 6.45) is 1.97. The Morgan fingerprint density at radius 2 is 2.03 bits per heavy atom. The van der Waals surface area contributed by atoms with Gasteiger partial charge in [-0.2, -0.15) is 0 Å². The van der Waals surface area contributed by atoms with Gasteiger partial charge in [0.2, 0.25) is 0 Å². The number of halogens is 1. The minimum Gasteiger partial charge on any atom is -0.469 e. The number of carbonyl (C=O) groups is 1. The number of nitrogens with one attached hydrogen (secondary N) is 1. The summed E-state index contributed by atoms with van der Waals surface area (Å²) in [5.74, 6) is -0.579. The smallest absolute Gasteiger partial charge is 0.307 e. The highest BCUT2D eigenvalue weighted by Crippen LogP contribution is 2.41. The third-order valence-corrected chi connectivity index (χ3v) is 6.19. The van der Waals surface area contributed by atoms with E-state index in [0.29, 0.717) is 11.7 Å². The predicted molar refractivity (Wildman–Crippen MR) is 124 cm³/mol. The van der Waals surface area contributed by atoms with E-state index < -0.39 is 0 Å². The molecule has 2 atom stereocenters. The Balaban J connectivity index is 1.80. The first kappa shape index (κ1) is 22.0. The van der Waals surface area contributed by atoms with Gasteiger partial charge in [-0.1, -0.05) is 12.1 Å². The summed E-state index contributed by atoms with van der Waals surface area (Å²) < 4.78 is 20.8. The van der Waals surface area contributed by atoms with E-state index in [1.54, 1.807) is 12.3 Å². The number of nitrogens with zero attached hydrogens (tertiary/aromatic N) is 3. The van der Waals surface area contributed by atoms with Crippen LogP contribution in [0.15, 0.2) is 54.7 Å². The molecule has 4 rings (SSSR count). The Labute approximate surface area is 192 Å². The Morgan fingerprint density at radius 1 is 1.22 bits per heavy atom. The monoisotopic (exact) mass is 452 g/mol. The number of benzene rings is 1. The molecular formula is C24H25FN4O2S. The van der Waals surface area contributed by atoms with Crippen molar-refractivity contribution >= 4 is 23.3 Å². The van der Waals surface area contributed by atoms with E-state index in [0.717, 1.165) is 28.3 Å². The topological polar surface area (TPSA) is 59.4 Å². The lowest BCUT2D eigenvalue weighted by atomic mass is 9.96. The fourth-order valence-electron chi connectivity index (χ4n) is 4.40. The summed E-state index contributed by atoms with van der Waals surface area (Å²) in [5, 5.41) is 3.95. The minimum atomic E-state index is -0.293. The number of thiocarbonyl (C=S) groups is 1. The van der Waals surface area contributed by atoms with Gasteiger partial charge in [0.1, 0.15) is 5.82 Å². The molecule has 1 aromatic carbocycles. The van der Waals surface area contributed by atoms with Gasteiger partial charge in [0.15, 0.2) is 5.11 Å². The van der Waals surface area contributed by atoms with Gasteiger partial charge in [-0.05, 0) is 68.0 Å². The number of carbonyl (C=O) groups excluding carboxylic acids is 1. The second-order valence-corrected chi connectivity index (χ2v) is 8.17. The van der Waals surface area contributed by atoms with Gasteiger partial charge < -0.3 is 19.5 Å². The van der Waals surface area contributed by atoms with Gasteiger partial charge in [0.05, 0.1) is 31.3 Å². The number of hydrogen-bond donors (Lipinski definition) is 1. The van der Waals surface area contributed by atoms with Crippen molar-refractivity contribution in [2.45, 2.75) is 32.4 Å². The van der Waals surface area contributed by atoms with Crippen LogP contribution in [-0.4, -0.2) is 39.2 Å². The zero-order valence-electron chi connectivity index (χ0n) is 18.2. The summed E-state index contributed by atoms with van der Waals surface area (Å²) in [6, 6.07) is 14.0. The van der Waals surface area contributed by atoms with Crippen LogP contribution in [0, 0.1) is 19.7 Å². The molecule has 32 heavy (non-hydrogen) atoms. The fourth-order valence-corrected chi connectivity index (χ4v) is 4.73. The lowest BCUT2D eigenvalue weighted by Crippen LogP contribution is -2.32. The first-order valence-corrected chi connectivity index (χ1v) is 10.8. The first-order chi connectivity index (χ1) is 15.4. The molecule has 0 spiro atoms. The summed E-state index contributed by atoms with van der Waals surface area (Å²) >= 11 is 5.65. The molecule has 6 nitrogen and oxygen atoms in total. The van der Waals surface area contributed by atoms with Crippen molar-refractivity contribution in [2.24, 2.45) is 0 Å². The van der Waals surface area contributed by atoms with Gasteiger partial charge >= 0.3 is 5.97 Å². The maximum atomic E-state index is 13.9. The van der Waals surface area contributed by atoms with Gasteiger partial charge in [-0.25, -0.2) is 4.39 Å². The number of esters is 1. The molecule has 3 heterocycles. The maximum absolute atomic E-state index is 13.9. The van der Waals surface area contributed by atoms with Crippen molar-refractivity contribution in [1.29, 1.82) is 0 Å². The summed E-state index contributed by atoms with van der Waals surface area (Å²) in [5.41, 5.74) is 4.62. The SMILES string of the molecule is COC(=O)CCN1C(=S)N[C@@H](c2ccccn2)[C@H]1c1cc(C)n(-c2cccc(F)c2)c1C. The van der Waals surface area contributed by atoms with E-state index in [1.165, 1.54) is 19.2 Å². The molecule has 2 aromatic heterocycles. The molecule has 166 valence electrons. The predicted octanol–water partition coefficient (Wildman–Crippen LogP) is 4.16. The van der Waals surface area contributed by atoms with Crippen LogP contribution in [0.3, 0.4) is 0 Å². The zero-order valence-corrected chi connectivity index (χ0v) is 19.0. The molecule has 1 aliphatic rings. The average Bonchev–Trinajstić information content (AvgIpc) is 3.27. The maximum Gasteiger partial charge on any atom is 0.307 e. The van der Waals surface area contributed by atoms with Crippen molar-refractivity contribution in [3.63, 3.8) is 0 Å². The van der Waals surface area contributed by atoms with E-state index >= 15 is 0 Å². The zero-order chi connectivity index (χ0) is 22.8. The number of hydrogen-bond acceptors (Lipinski definition) is 4. The van der Waals surface area contributed by atoms with Gasteiger partial charge in [-0.15, -0.1) is 0 Å². The number of rotatable bonds is 6. The van der Waals surface area contributed by atoms with Gasteiger partial charge in [0, 0.05) is 29.8 Å². The number of methoxy groups -OCH3 is 1. The molecule has 1 saturated heterocycles. The first-order valence-electron chi connectivity index (χ1n) is 10.4. The largest absolute Gasteiger partial charge is 0.469 e. The minimum absolute atomic E-state index is 0.185. The molecule has 0 amide bonds. The normalized spacial score (nSPS) is 18.0. The second-order valence-electron chi connectivity index (χ2n) is 7.79. The summed E-state index contributed by atoms with van der Waals surface area (Å²) in [4.78, 5) is 18.4. The highest BCUT2D eigenvalue weighted by molar-refractivity contribution is 7.80. The number of aromatic nitrogens is 2. The van der Waals surface area contributed by atoms with Crippen LogP contribution < -0.4 is 5.32 Å². The van der Waals surface area contributed by atoms with Crippen LogP contribution in [0.1, 0.15) is 41.1 Å². The standard InChI is InChI=1S/C24H25FN4O2S/c1-15-13-19(16(2)29(15)18-8-6-7-17(25)14-18)23-22(20-9-4-5-11-26-20)27-24(32)28(23)12-10-21(30)31-3/h4-9,11,13-14,22-23H,10,12H2,1-3H3,(H,27,32)/t22-,23+/m0/s1. The number of pyridine rings is 1. The fraction of sp³-hybridized carbons (Fsp3) is 0.292. The Morgan fingerprint density at radius 3 is 2.72 bits per heavy atom. The summed E-state index contributed by atoms with van der Waals surface area (Å²) in [6.45, 7) is 4.43. The highest BCUT2D eigenvalue weighted by atomic mass is 32.1. The molecule has 1 N–H and O–H groups in total. The molecule has 0 unspecified atom stereocenters. The van der Waals surface area contributed by atoms with E-state index in [-0.39, 0.29) is 30.3 Å². The van der Waals surface area contributed by atoms with E-state index in [9.17, 15) is 9.18 Å². The quantitative estimate of drug-likeness (QED) is 0.448. The molecular weight excluding hydrogens is 427 g/mol. The van der Waals surface area contributed by atoms with Gasteiger partial charge in [-0.3, -0.25) is 9.78 Å². The van der Waals surface area contributed by atoms with Crippen molar-refractivity contribution < 1.29 is 13.9 Å². The van der Waals surface area contributed by atoms with Crippen LogP contribution in [0.4, 0.5) is 4.39 Å². The van der Waals surface area contributed by atoms with Crippen LogP contribution in [0.2, 0.25) is 0 Å². The molecule has 0 aliphatic carbocycles. The molecule has 0 bridgehead atoms. The van der Waals surface area contributed by atoms with E-state index in [1.807, 2.05) is 47.6 Å². The average molecular weight is 453 g/mol. The molecule has 3 aromatic rings. The van der Waals surface area contributed by atoms with Crippen molar-refractivity contribution in [1.82, 2.24) is 19.8 Å². The Kier molecular flexibility index (Phi) is 6.23. The molecule has 8 heteroatoms. The van der Waals surface area contributed by atoms with Crippen LogP contribution in [-0.2, 0) is 9.53 Å². The van der Waals surface area contributed by atoms with E-state index in [4.69, 9.17) is 17.0 Å². The van der Waals surface area contributed by atoms with Crippen LogP contribution >= 0.6 is 12.2 Å². The third-order valence-electron chi connectivity index (χ3n) is 5.84. The number of aryl methyl sites for hydroxylation is 1. The van der Waals surface area contributed by atoms with E-state index in [2.05, 4.69) is 16.4 Å². The third kappa shape index (κ3) is 4.10. The van der Waals surface area contributed by atoms with Crippen molar-refractivity contribution in [2.75, 3.05) is 13.7 Å². The molecule has 0 radical (unpaired) electrons. The Bertz CT molecular complexity index is 1150. The number of ether oxygens (including phenoxy) is 1. The Hall–Kier alpha value is -3.26. The van der Waals surface area contributed by atoms with Crippen LogP contribution in [0.5, 0.6) is 0 Å². The van der Waals surface area contributed by atoms with Gasteiger partial charge in [0.25, 0.3) is 0 Å². The molecule has 1 aliphatic heterocycles. The molecule has 1 fully saturated rings. The molecule has 0 saturated carbocycles. The lowest BCUT2D eigenvalue weighted by Gasteiger charge is -2.28. The van der Waals surface area contributed by atoms with Crippen molar-refractivity contribution in [3.8, 4) is 5.69 Å².